The number of halogens is 1. The quantitative estimate of drug-likeness (QED) is 0.664. The molecule has 3 rings (SSSR count). The summed E-state index contributed by atoms with van der Waals surface area (Å²) in [6.45, 7) is 5.30. The summed E-state index contributed by atoms with van der Waals surface area (Å²) in [5.74, 6) is 1.16. The molecule has 1 aliphatic heterocycles. The van der Waals surface area contributed by atoms with Crippen LogP contribution in [0.4, 0.5) is 5.69 Å². The molecule has 0 unspecified atom stereocenters. The molecule has 0 aromatic heterocycles. The summed E-state index contributed by atoms with van der Waals surface area (Å²) in [6.07, 6.45) is 3.21. The average Bonchev–Trinajstić information content (AvgIpc) is 2.62. The van der Waals surface area contributed by atoms with E-state index in [2.05, 4.69) is 41.1 Å². The van der Waals surface area contributed by atoms with Gasteiger partial charge in [-0.15, -0.1) is 17.0 Å². The Morgan fingerprint density at radius 2 is 1.56 bits per heavy atom. The smallest absolute Gasteiger partial charge is 0.182 e. The van der Waals surface area contributed by atoms with Crippen LogP contribution in [0, 0.1) is 13.8 Å². The molecule has 0 fully saturated rings. The van der Waals surface area contributed by atoms with Crippen LogP contribution < -0.4 is 4.90 Å². The summed E-state index contributed by atoms with van der Waals surface area (Å²) in [7, 11) is 0. The second kappa shape index (κ2) is 8.95. The summed E-state index contributed by atoms with van der Waals surface area (Å²) in [5.41, 5.74) is 4.18. The van der Waals surface area contributed by atoms with Crippen molar-refractivity contribution in [1.82, 2.24) is 0 Å². The van der Waals surface area contributed by atoms with Crippen LogP contribution in [0.2, 0.25) is 0 Å². The number of Topliss-reactive ketones (excluding diaryl/α,β-unsaturated/α-hetero) is 1. The first-order valence-electron chi connectivity index (χ1n) is 8.61. The van der Waals surface area contributed by atoms with Crippen LogP contribution in [0.3, 0.4) is 0 Å². The van der Waals surface area contributed by atoms with E-state index in [1.54, 1.807) is 0 Å². The van der Waals surface area contributed by atoms with Crippen molar-refractivity contribution in [2.75, 3.05) is 18.0 Å². The minimum atomic E-state index is 0. The van der Waals surface area contributed by atoms with Crippen molar-refractivity contribution < 1.29 is 4.79 Å². The van der Waals surface area contributed by atoms with E-state index in [1.807, 2.05) is 31.2 Å². The molecule has 0 spiro atoms. The Kier molecular flexibility index (Phi) is 6.94. The number of carbonyl (C=O) groups excluding carboxylic acids is 1. The third-order valence-electron chi connectivity index (χ3n) is 4.44. The molecule has 1 aliphatic rings. The molecule has 0 N–H and O–H groups in total. The van der Waals surface area contributed by atoms with Gasteiger partial charge in [0.25, 0.3) is 0 Å². The maximum Gasteiger partial charge on any atom is 0.182 e. The number of nitrogens with zero attached hydrogens (tertiary/aromatic N) is 2. The number of aryl methyl sites for hydroxylation is 2. The van der Waals surface area contributed by atoms with Gasteiger partial charge in [0.2, 0.25) is 0 Å². The number of ketones is 1. The van der Waals surface area contributed by atoms with E-state index in [0.29, 0.717) is 6.54 Å². The van der Waals surface area contributed by atoms with Gasteiger partial charge in [0, 0.05) is 24.2 Å². The molecule has 0 atom stereocenters. The minimum Gasteiger partial charge on any atom is -0.322 e. The van der Waals surface area contributed by atoms with E-state index in [0.717, 1.165) is 42.9 Å². The van der Waals surface area contributed by atoms with Gasteiger partial charge in [0.15, 0.2) is 5.78 Å². The lowest BCUT2D eigenvalue weighted by Gasteiger charge is -2.28. The third-order valence-corrected chi connectivity index (χ3v) is 4.44. The van der Waals surface area contributed by atoms with Crippen molar-refractivity contribution >= 4 is 34.3 Å². The molecule has 2 aromatic carbocycles. The lowest BCUT2D eigenvalue weighted by Crippen LogP contribution is -2.37. The average molecular weight is 401 g/mol. The van der Waals surface area contributed by atoms with E-state index < -0.39 is 0 Å². The van der Waals surface area contributed by atoms with Crippen molar-refractivity contribution in [2.24, 2.45) is 4.99 Å². The summed E-state index contributed by atoms with van der Waals surface area (Å²) >= 11 is 0. The van der Waals surface area contributed by atoms with Gasteiger partial charge in [-0.1, -0.05) is 47.5 Å². The van der Waals surface area contributed by atoms with Gasteiger partial charge in [0.1, 0.15) is 5.84 Å². The molecular formula is C21H25BrN2O. The predicted molar refractivity (Wildman–Crippen MR) is 111 cm³/mol. The number of hydrogen-bond donors (Lipinski definition) is 0. The largest absolute Gasteiger partial charge is 0.322 e. The number of rotatable bonds is 4. The third kappa shape index (κ3) is 5.02. The Balaban J connectivity index is 0.00000225. The lowest BCUT2D eigenvalue weighted by atomic mass is 10.1. The SMILES string of the molecule is Br.Cc1ccc(C(=O)CN(C2=NCCCC2)c2ccc(C)cc2)cc1. The predicted octanol–water partition coefficient (Wildman–Crippen LogP) is 5.15. The van der Waals surface area contributed by atoms with E-state index in [-0.39, 0.29) is 22.8 Å². The van der Waals surface area contributed by atoms with Gasteiger partial charge in [-0.3, -0.25) is 9.79 Å². The molecule has 0 aliphatic carbocycles. The van der Waals surface area contributed by atoms with E-state index in [1.165, 1.54) is 11.1 Å². The summed E-state index contributed by atoms with van der Waals surface area (Å²) in [6, 6.07) is 16.1. The van der Waals surface area contributed by atoms with Crippen LogP contribution in [0.25, 0.3) is 0 Å². The molecular weight excluding hydrogens is 376 g/mol. The van der Waals surface area contributed by atoms with Crippen LogP contribution in [0.15, 0.2) is 53.5 Å². The Hall–Kier alpha value is -1.94. The first kappa shape index (κ1) is 19.4. The summed E-state index contributed by atoms with van der Waals surface area (Å²) < 4.78 is 0. The van der Waals surface area contributed by atoms with E-state index in [9.17, 15) is 4.79 Å². The van der Waals surface area contributed by atoms with Crippen molar-refractivity contribution in [3.05, 3.63) is 65.2 Å². The fourth-order valence-corrected chi connectivity index (χ4v) is 2.93. The molecule has 0 bridgehead atoms. The van der Waals surface area contributed by atoms with Gasteiger partial charge in [-0.05, 0) is 38.8 Å². The molecule has 0 radical (unpaired) electrons. The number of anilines is 1. The highest BCUT2D eigenvalue weighted by molar-refractivity contribution is 8.93. The number of hydrogen-bond acceptors (Lipinski definition) is 3. The minimum absolute atomic E-state index is 0. The van der Waals surface area contributed by atoms with Gasteiger partial charge in [-0.2, -0.15) is 0 Å². The zero-order valence-electron chi connectivity index (χ0n) is 14.9. The first-order chi connectivity index (χ1) is 11.6. The molecule has 1 heterocycles. The fourth-order valence-electron chi connectivity index (χ4n) is 2.93. The first-order valence-corrected chi connectivity index (χ1v) is 8.61. The van der Waals surface area contributed by atoms with Crippen molar-refractivity contribution in [1.29, 1.82) is 0 Å². The van der Waals surface area contributed by atoms with Crippen LogP contribution in [-0.2, 0) is 0 Å². The fraction of sp³-hybridized carbons (Fsp3) is 0.333. The van der Waals surface area contributed by atoms with Crippen LogP contribution in [0.1, 0.15) is 40.7 Å². The second-order valence-electron chi connectivity index (χ2n) is 6.47. The molecule has 25 heavy (non-hydrogen) atoms. The van der Waals surface area contributed by atoms with E-state index in [4.69, 9.17) is 0 Å². The van der Waals surface area contributed by atoms with Gasteiger partial charge < -0.3 is 4.90 Å². The molecule has 0 saturated carbocycles. The van der Waals surface area contributed by atoms with Crippen molar-refractivity contribution in [2.45, 2.75) is 33.1 Å². The van der Waals surface area contributed by atoms with Gasteiger partial charge in [-0.25, -0.2) is 0 Å². The van der Waals surface area contributed by atoms with Crippen LogP contribution in [-0.4, -0.2) is 24.7 Å². The normalized spacial score (nSPS) is 13.6. The Bertz CT molecular complexity index is 735. The van der Waals surface area contributed by atoms with Crippen molar-refractivity contribution in [3.63, 3.8) is 0 Å². The molecule has 4 heteroatoms. The lowest BCUT2D eigenvalue weighted by molar-refractivity contribution is 0.100. The zero-order valence-corrected chi connectivity index (χ0v) is 16.6. The van der Waals surface area contributed by atoms with Crippen molar-refractivity contribution in [3.8, 4) is 0 Å². The van der Waals surface area contributed by atoms with Crippen LogP contribution >= 0.6 is 17.0 Å². The topological polar surface area (TPSA) is 32.7 Å². The summed E-state index contributed by atoms with van der Waals surface area (Å²) in [5, 5.41) is 0. The number of amidine groups is 1. The summed E-state index contributed by atoms with van der Waals surface area (Å²) in [4.78, 5) is 19.5. The highest BCUT2D eigenvalue weighted by atomic mass is 79.9. The Morgan fingerprint density at radius 3 is 2.12 bits per heavy atom. The Morgan fingerprint density at radius 1 is 0.960 bits per heavy atom. The Labute approximate surface area is 160 Å². The molecule has 0 saturated heterocycles. The molecule has 2 aromatic rings. The number of aliphatic imine (C=N–C) groups is 1. The molecule has 3 nitrogen and oxygen atoms in total. The monoisotopic (exact) mass is 400 g/mol. The zero-order chi connectivity index (χ0) is 16.9. The van der Waals surface area contributed by atoms with Crippen LogP contribution in [0.5, 0.6) is 0 Å². The van der Waals surface area contributed by atoms with Gasteiger partial charge in [0.05, 0.1) is 6.54 Å². The molecule has 132 valence electrons. The highest BCUT2D eigenvalue weighted by Gasteiger charge is 2.19. The number of benzene rings is 2. The maximum absolute atomic E-state index is 12.8. The van der Waals surface area contributed by atoms with E-state index >= 15 is 0 Å². The second-order valence-corrected chi connectivity index (χ2v) is 6.47. The standard InChI is InChI=1S/C21H24N2O.BrH/c1-16-6-10-18(11-7-16)20(24)15-23(21-5-3-4-14-22-21)19-12-8-17(2)9-13-19;/h6-13H,3-5,14-15H2,1-2H3;1H. The molecule has 0 amide bonds. The highest BCUT2D eigenvalue weighted by Crippen LogP contribution is 2.20. The van der Waals surface area contributed by atoms with Gasteiger partial charge >= 0.3 is 0 Å². The maximum atomic E-state index is 12.8. The number of carbonyl (C=O) groups is 1.